The third-order valence-electron chi connectivity index (χ3n) is 14.1. The number of nitrogens with zero attached hydrogens (tertiary/aromatic N) is 1. The van der Waals surface area contributed by atoms with E-state index in [4.69, 9.17) is 4.42 Å². The molecule has 3 unspecified atom stereocenters. The van der Waals surface area contributed by atoms with E-state index in [2.05, 4.69) is 203 Å². The van der Waals surface area contributed by atoms with Gasteiger partial charge in [-0.3, -0.25) is 0 Å². The van der Waals surface area contributed by atoms with Crippen LogP contribution < -0.4 is 4.90 Å². The fourth-order valence-electron chi connectivity index (χ4n) is 11.3. The molecular weight excluding hydrogens is 723 g/mol. The number of rotatable bonds is 4. The van der Waals surface area contributed by atoms with Gasteiger partial charge in [-0.05, 0) is 122 Å². The third-order valence-corrected chi connectivity index (χ3v) is 15.5. The molecule has 1 aliphatic heterocycles. The Labute approximate surface area is 345 Å². The average molecular weight is 768 g/mol. The van der Waals surface area contributed by atoms with Crippen LogP contribution in [0, 0.1) is 11.3 Å². The maximum Gasteiger partial charge on any atom is 0.135 e. The Bertz CT molecular complexity index is 3020. The van der Waals surface area contributed by atoms with Crippen molar-refractivity contribution in [3.05, 3.63) is 196 Å². The summed E-state index contributed by atoms with van der Waals surface area (Å²) in [6, 6.07) is 49.2. The van der Waals surface area contributed by atoms with Gasteiger partial charge in [-0.15, -0.1) is 11.8 Å². The van der Waals surface area contributed by atoms with Crippen molar-refractivity contribution in [2.45, 2.75) is 62.5 Å². The van der Waals surface area contributed by atoms with Crippen molar-refractivity contribution < 1.29 is 4.42 Å². The number of anilines is 2. The molecular formula is C55H45NOS. The summed E-state index contributed by atoms with van der Waals surface area (Å²) in [4.78, 5) is 4.01. The van der Waals surface area contributed by atoms with Crippen LogP contribution in [0.2, 0.25) is 0 Å². The molecule has 0 saturated carbocycles. The maximum absolute atomic E-state index is 6.42. The molecule has 6 aromatic carbocycles. The van der Waals surface area contributed by atoms with Crippen LogP contribution >= 0.6 is 11.8 Å². The first-order valence-corrected chi connectivity index (χ1v) is 21.8. The van der Waals surface area contributed by atoms with Crippen LogP contribution in [0.15, 0.2) is 189 Å². The van der Waals surface area contributed by atoms with Crippen LogP contribution in [0.4, 0.5) is 11.4 Å². The molecule has 58 heavy (non-hydrogen) atoms. The number of hydrogen-bond acceptors (Lipinski definition) is 3. The van der Waals surface area contributed by atoms with Crippen molar-refractivity contribution in [3.63, 3.8) is 0 Å². The molecule has 0 amide bonds. The highest BCUT2D eigenvalue weighted by atomic mass is 32.2. The Morgan fingerprint density at radius 3 is 2.22 bits per heavy atom. The lowest BCUT2D eigenvalue weighted by Crippen LogP contribution is -2.25. The van der Waals surface area contributed by atoms with Crippen molar-refractivity contribution in [3.8, 4) is 22.3 Å². The average Bonchev–Trinajstić information content (AvgIpc) is 3.94. The molecule has 4 aliphatic carbocycles. The van der Waals surface area contributed by atoms with E-state index in [1.807, 2.05) is 0 Å². The van der Waals surface area contributed by atoms with Crippen molar-refractivity contribution in [1.29, 1.82) is 0 Å². The minimum absolute atomic E-state index is 0.0927. The Kier molecular flexibility index (Phi) is 7.17. The molecule has 12 rings (SSSR count). The highest BCUT2D eigenvalue weighted by Gasteiger charge is 2.49. The summed E-state index contributed by atoms with van der Waals surface area (Å²) in [6.45, 7) is 12.2. The SMILES string of the molecule is CC1CC(N(c2ccc(-c3ccccc3)cc2)c2ccc3c(c2)C(C)(C)c2c-3ccc3oc4ccccc4c23)=CC2=C1C1=C(C=CC3c4ccccc4SC13)C2(C)C. The Balaban J connectivity index is 1.01. The summed E-state index contributed by atoms with van der Waals surface area (Å²) in [5, 5.41) is 2.87. The predicted octanol–water partition coefficient (Wildman–Crippen LogP) is 15.1. The molecule has 3 atom stereocenters. The number of para-hydroxylation sites is 1. The zero-order chi connectivity index (χ0) is 39.1. The van der Waals surface area contributed by atoms with E-state index in [1.165, 1.54) is 82.8 Å². The number of thioether (sulfide) groups is 1. The first kappa shape index (κ1) is 34.3. The second-order valence-electron chi connectivity index (χ2n) is 18.0. The van der Waals surface area contributed by atoms with Gasteiger partial charge in [-0.1, -0.05) is 138 Å². The van der Waals surface area contributed by atoms with E-state index in [0.29, 0.717) is 17.1 Å². The summed E-state index contributed by atoms with van der Waals surface area (Å²) in [6.07, 6.45) is 8.54. The molecule has 0 bridgehead atoms. The van der Waals surface area contributed by atoms with Crippen LogP contribution in [0.3, 0.4) is 0 Å². The molecule has 0 saturated heterocycles. The minimum Gasteiger partial charge on any atom is -0.456 e. The van der Waals surface area contributed by atoms with Gasteiger partial charge in [0.2, 0.25) is 0 Å². The van der Waals surface area contributed by atoms with Crippen molar-refractivity contribution in [1.82, 2.24) is 0 Å². The summed E-state index contributed by atoms with van der Waals surface area (Å²) in [5.41, 5.74) is 20.8. The third kappa shape index (κ3) is 4.68. The van der Waals surface area contributed by atoms with Gasteiger partial charge < -0.3 is 9.32 Å². The van der Waals surface area contributed by atoms with E-state index in [1.54, 1.807) is 11.1 Å². The maximum atomic E-state index is 6.42. The number of fused-ring (bicyclic) bond motifs is 12. The smallest absolute Gasteiger partial charge is 0.135 e. The highest BCUT2D eigenvalue weighted by Crippen LogP contribution is 2.63. The Hall–Kier alpha value is -5.77. The van der Waals surface area contributed by atoms with E-state index in [9.17, 15) is 0 Å². The lowest BCUT2D eigenvalue weighted by Gasteiger charge is -2.36. The fourth-order valence-corrected chi connectivity index (χ4v) is 12.9. The molecule has 7 aromatic rings. The number of allylic oxidation sites excluding steroid dienone is 7. The van der Waals surface area contributed by atoms with Gasteiger partial charge in [0.05, 0.1) is 0 Å². The van der Waals surface area contributed by atoms with Gasteiger partial charge >= 0.3 is 0 Å². The number of hydrogen-bond donors (Lipinski definition) is 0. The molecule has 3 heteroatoms. The number of furan rings is 1. The van der Waals surface area contributed by atoms with E-state index in [0.717, 1.165) is 17.6 Å². The Morgan fingerprint density at radius 1 is 0.655 bits per heavy atom. The predicted molar refractivity (Wildman–Crippen MR) is 243 cm³/mol. The van der Waals surface area contributed by atoms with Gasteiger partial charge in [0.15, 0.2) is 0 Å². The minimum atomic E-state index is -0.227. The second kappa shape index (κ2) is 12.1. The Morgan fingerprint density at radius 2 is 1.38 bits per heavy atom. The fraction of sp³-hybridized carbons (Fsp3) is 0.200. The summed E-state index contributed by atoms with van der Waals surface area (Å²) in [5.74, 6) is 0.807. The van der Waals surface area contributed by atoms with Gasteiger partial charge in [0, 0.05) is 54.7 Å². The lowest BCUT2D eigenvalue weighted by molar-refractivity contribution is 0.554. The quantitative estimate of drug-likeness (QED) is 0.177. The molecule has 282 valence electrons. The standard InChI is InChI=1S/C55H45NOS/c1-32-29-37(31-45-49(32)51-43(54(45,2)3)27-25-41-39-15-10-12-18-48(39)58-53(41)51)56(35-21-19-34(20-22-35)33-13-7-6-8-14-33)36-23-24-38-40-26-28-47-50(42-16-9-11-17-46(42)57-47)52(40)55(4,5)44(38)30-36/h6-28,30-32,41,53H,29H2,1-5H3. The van der Waals surface area contributed by atoms with Gasteiger partial charge in [0.1, 0.15) is 11.2 Å². The first-order valence-electron chi connectivity index (χ1n) is 20.9. The van der Waals surface area contributed by atoms with Gasteiger partial charge in [0.25, 0.3) is 0 Å². The molecule has 1 aromatic heterocycles. The lowest BCUT2D eigenvalue weighted by atomic mass is 9.76. The van der Waals surface area contributed by atoms with Gasteiger partial charge in [-0.25, -0.2) is 0 Å². The van der Waals surface area contributed by atoms with Gasteiger partial charge in [-0.2, -0.15) is 0 Å². The summed E-state index contributed by atoms with van der Waals surface area (Å²) < 4.78 is 6.42. The first-order chi connectivity index (χ1) is 28.2. The van der Waals surface area contributed by atoms with Crippen LogP contribution in [-0.2, 0) is 5.41 Å². The monoisotopic (exact) mass is 767 g/mol. The van der Waals surface area contributed by atoms with Crippen molar-refractivity contribution in [2.75, 3.05) is 4.90 Å². The van der Waals surface area contributed by atoms with Crippen LogP contribution in [-0.4, -0.2) is 5.25 Å². The largest absolute Gasteiger partial charge is 0.456 e. The normalized spacial score (nSPS) is 21.7. The van der Waals surface area contributed by atoms with E-state index >= 15 is 0 Å². The summed E-state index contributed by atoms with van der Waals surface area (Å²) >= 11 is 2.08. The summed E-state index contributed by atoms with van der Waals surface area (Å²) in [7, 11) is 0. The van der Waals surface area contributed by atoms with Crippen molar-refractivity contribution in [2.24, 2.45) is 11.3 Å². The molecule has 2 heterocycles. The van der Waals surface area contributed by atoms with Crippen LogP contribution in [0.25, 0.3) is 44.2 Å². The molecule has 0 N–H and O–H groups in total. The zero-order valence-corrected chi connectivity index (χ0v) is 34.5. The van der Waals surface area contributed by atoms with E-state index in [-0.39, 0.29) is 10.8 Å². The molecule has 0 radical (unpaired) electrons. The number of benzene rings is 6. The molecule has 2 nitrogen and oxygen atoms in total. The second-order valence-corrected chi connectivity index (χ2v) is 19.2. The molecule has 0 spiro atoms. The zero-order valence-electron chi connectivity index (χ0n) is 33.6. The highest BCUT2D eigenvalue weighted by molar-refractivity contribution is 8.00. The molecule has 5 aliphatic rings. The topological polar surface area (TPSA) is 16.4 Å². The van der Waals surface area contributed by atoms with Crippen molar-refractivity contribution >= 4 is 45.1 Å². The van der Waals surface area contributed by atoms with Crippen LogP contribution in [0.5, 0.6) is 0 Å². The van der Waals surface area contributed by atoms with Crippen LogP contribution in [0.1, 0.15) is 63.6 Å². The molecule has 0 fully saturated rings. The van der Waals surface area contributed by atoms with E-state index < -0.39 is 0 Å².